The van der Waals surface area contributed by atoms with Gasteiger partial charge in [0.15, 0.2) is 0 Å². The maximum absolute atomic E-state index is 12.9. The van der Waals surface area contributed by atoms with E-state index in [-0.39, 0.29) is 35.3 Å². The number of amides is 1. The van der Waals surface area contributed by atoms with Crippen molar-refractivity contribution in [3.63, 3.8) is 0 Å². The first-order chi connectivity index (χ1) is 13.4. The Hall–Kier alpha value is -2.58. The highest BCUT2D eigenvalue weighted by molar-refractivity contribution is 5.85. The van der Waals surface area contributed by atoms with Gasteiger partial charge >= 0.3 is 6.18 Å². The summed E-state index contributed by atoms with van der Waals surface area (Å²) in [6, 6.07) is 13.8. The van der Waals surface area contributed by atoms with Crippen molar-refractivity contribution in [2.45, 2.75) is 18.6 Å². The number of nitrogens with zero attached hydrogens (tertiary/aromatic N) is 1. The molecular formula is C20H20ClF3N4O. The summed E-state index contributed by atoms with van der Waals surface area (Å²) < 4.78 is 38.8. The Morgan fingerprint density at radius 2 is 1.90 bits per heavy atom. The molecule has 1 aliphatic heterocycles. The van der Waals surface area contributed by atoms with Crippen molar-refractivity contribution in [1.29, 1.82) is 0 Å². The minimum atomic E-state index is -4.54. The molecule has 0 bridgehead atoms. The quantitative estimate of drug-likeness (QED) is 0.596. The number of imidazole rings is 1. The van der Waals surface area contributed by atoms with Crippen LogP contribution in [-0.4, -0.2) is 29.0 Å². The smallest absolute Gasteiger partial charge is 0.345 e. The van der Waals surface area contributed by atoms with Crippen LogP contribution in [0, 0.1) is 5.92 Å². The average molecular weight is 425 g/mol. The molecule has 0 saturated carbocycles. The van der Waals surface area contributed by atoms with Crippen molar-refractivity contribution in [2.24, 2.45) is 5.92 Å². The Morgan fingerprint density at radius 3 is 2.55 bits per heavy atom. The molecule has 2 unspecified atom stereocenters. The third-order valence-electron chi connectivity index (χ3n) is 4.96. The zero-order valence-electron chi connectivity index (χ0n) is 15.3. The summed E-state index contributed by atoms with van der Waals surface area (Å²) in [6.07, 6.45) is -3.77. The number of fused-ring (bicyclic) bond motifs is 1. The Labute approximate surface area is 171 Å². The van der Waals surface area contributed by atoms with Crippen LogP contribution in [0.1, 0.15) is 29.4 Å². The van der Waals surface area contributed by atoms with E-state index < -0.39 is 18.0 Å². The number of rotatable bonds is 4. The van der Waals surface area contributed by atoms with Gasteiger partial charge in [-0.25, -0.2) is 4.98 Å². The van der Waals surface area contributed by atoms with Gasteiger partial charge in [0.1, 0.15) is 0 Å². The number of aromatic nitrogens is 2. The minimum Gasteiger partial charge on any atom is -0.345 e. The summed E-state index contributed by atoms with van der Waals surface area (Å²) in [5.41, 5.74) is 2.06. The number of carbonyl (C=O) groups excluding carboxylic acids is 1. The summed E-state index contributed by atoms with van der Waals surface area (Å²) in [5, 5.41) is 6.22. The predicted octanol–water partition coefficient (Wildman–Crippen LogP) is 3.82. The van der Waals surface area contributed by atoms with E-state index in [0.29, 0.717) is 12.1 Å². The van der Waals surface area contributed by atoms with Crippen LogP contribution < -0.4 is 10.6 Å². The van der Waals surface area contributed by atoms with Gasteiger partial charge in [-0.2, -0.15) is 13.2 Å². The lowest BCUT2D eigenvalue weighted by atomic mass is 9.97. The number of aromatic amines is 1. The molecule has 1 fully saturated rings. The number of benzene rings is 2. The summed E-state index contributed by atoms with van der Waals surface area (Å²) in [7, 11) is 0. The van der Waals surface area contributed by atoms with Crippen molar-refractivity contribution in [2.75, 3.05) is 13.1 Å². The van der Waals surface area contributed by atoms with Crippen LogP contribution >= 0.6 is 12.4 Å². The molecule has 1 aromatic heterocycles. The first-order valence-electron chi connectivity index (χ1n) is 9.05. The van der Waals surface area contributed by atoms with E-state index in [9.17, 15) is 18.0 Å². The van der Waals surface area contributed by atoms with Gasteiger partial charge in [-0.15, -0.1) is 12.4 Å². The number of nitrogens with one attached hydrogen (secondary N) is 3. The van der Waals surface area contributed by atoms with Crippen molar-refractivity contribution in [1.82, 2.24) is 20.6 Å². The SMILES string of the molecule is Cl.O=C(NC(c1ccccc1)c1ccc2nc(C(F)(F)F)[nH]c2c1)C1CCNC1. The molecule has 2 heterocycles. The fraction of sp³-hybridized carbons (Fsp3) is 0.300. The monoisotopic (exact) mass is 424 g/mol. The van der Waals surface area contributed by atoms with Crippen LogP contribution in [0.2, 0.25) is 0 Å². The molecule has 1 aliphatic rings. The van der Waals surface area contributed by atoms with Crippen molar-refractivity contribution < 1.29 is 18.0 Å². The number of carbonyl (C=O) groups is 1. The molecule has 5 nitrogen and oxygen atoms in total. The molecule has 2 aromatic carbocycles. The molecule has 0 aliphatic carbocycles. The Bertz CT molecular complexity index is 984. The molecular weight excluding hydrogens is 405 g/mol. The Kier molecular flexibility index (Phi) is 6.14. The summed E-state index contributed by atoms with van der Waals surface area (Å²) in [4.78, 5) is 18.6. The topological polar surface area (TPSA) is 69.8 Å². The van der Waals surface area contributed by atoms with E-state index in [2.05, 4.69) is 20.6 Å². The summed E-state index contributed by atoms with van der Waals surface area (Å²) in [5.74, 6) is -1.21. The number of hydrogen-bond acceptors (Lipinski definition) is 3. The van der Waals surface area contributed by atoms with Crippen LogP contribution in [0.15, 0.2) is 48.5 Å². The maximum atomic E-state index is 12.9. The van der Waals surface area contributed by atoms with Crippen LogP contribution in [0.4, 0.5) is 13.2 Å². The minimum absolute atomic E-state index is 0. The van der Waals surface area contributed by atoms with E-state index in [1.165, 1.54) is 6.07 Å². The third-order valence-corrected chi connectivity index (χ3v) is 4.96. The van der Waals surface area contributed by atoms with E-state index in [4.69, 9.17) is 0 Å². The lowest BCUT2D eigenvalue weighted by Crippen LogP contribution is -2.35. The second-order valence-electron chi connectivity index (χ2n) is 6.90. The number of hydrogen-bond donors (Lipinski definition) is 3. The summed E-state index contributed by atoms with van der Waals surface area (Å²) >= 11 is 0. The molecule has 154 valence electrons. The predicted molar refractivity (Wildman–Crippen MR) is 106 cm³/mol. The van der Waals surface area contributed by atoms with E-state index in [1.807, 2.05) is 30.3 Å². The van der Waals surface area contributed by atoms with E-state index in [0.717, 1.165) is 18.5 Å². The maximum Gasteiger partial charge on any atom is 0.449 e. The fourth-order valence-corrected chi connectivity index (χ4v) is 3.48. The zero-order valence-corrected chi connectivity index (χ0v) is 16.1. The largest absolute Gasteiger partial charge is 0.449 e. The first-order valence-corrected chi connectivity index (χ1v) is 9.05. The second kappa shape index (κ2) is 8.42. The molecule has 2 atom stereocenters. The molecule has 29 heavy (non-hydrogen) atoms. The molecule has 1 saturated heterocycles. The van der Waals surface area contributed by atoms with Gasteiger partial charge in [-0.3, -0.25) is 4.79 Å². The second-order valence-corrected chi connectivity index (χ2v) is 6.90. The highest BCUT2D eigenvalue weighted by atomic mass is 35.5. The van der Waals surface area contributed by atoms with Crippen LogP contribution in [0.5, 0.6) is 0 Å². The van der Waals surface area contributed by atoms with E-state index >= 15 is 0 Å². The van der Waals surface area contributed by atoms with Crippen molar-refractivity contribution in [3.8, 4) is 0 Å². The first kappa shape index (κ1) is 21.1. The van der Waals surface area contributed by atoms with Gasteiger partial charge in [0, 0.05) is 6.54 Å². The molecule has 9 heteroatoms. The zero-order chi connectivity index (χ0) is 19.7. The van der Waals surface area contributed by atoms with Gasteiger partial charge in [0.05, 0.1) is 23.0 Å². The van der Waals surface area contributed by atoms with Crippen LogP contribution in [0.3, 0.4) is 0 Å². The standard InChI is InChI=1S/C20H19F3N4O.ClH/c21-20(22,23)19-25-15-7-6-13(10-16(15)26-19)17(12-4-2-1-3-5-12)27-18(28)14-8-9-24-11-14;/h1-7,10,14,17,24H,8-9,11H2,(H,25,26)(H,27,28);1H. The Morgan fingerprint density at radius 1 is 1.14 bits per heavy atom. The molecule has 3 N–H and O–H groups in total. The molecule has 3 aromatic rings. The highest BCUT2D eigenvalue weighted by Crippen LogP contribution is 2.30. The van der Waals surface area contributed by atoms with Gasteiger partial charge in [0.25, 0.3) is 0 Å². The fourth-order valence-electron chi connectivity index (χ4n) is 3.48. The van der Waals surface area contributed by atoms with Crippen LogP contribution in [0.25, 0.3) is 11.0 Å². The third kappa shape index (κ3) is 4.54. The Balaban J connectivity index is 0.00000240. The lowest BCUT2D eigenvalue weighted by molar-refractivity contribution is -0.144. The van der Waals surface area contributed by atoms with Crippen LogP contribution in [-0.2, 0) is 11.0 Å². The molecule has 4 rings (SSSR count). The lowest BCUT2D eigenvalue weighted by Gasteiger charge is -2.22. The van der Waals surface area contributed by atoms with Gasteiger partial charge in [-0.05, 0) is 36.2 Å². The number of halogens is 4. The summed E-state index contributed by atoms with van der Waals surface area (Å²) in [6.45, 7) is 1.43. The van der Waals surface area contributed by atoms with Gasteiger partial charge in [0.2, 0.25) is 11.7 Å². The number of alkyl halides is 3. The van der Waals surface area contributed by atoms with Crippen molar-refractivity contribution >= 4 is 29.3 Å². The van der Waals surface area contributed by atoms with Gasteiger partial charge < -0.3 is 15.6 Å². The van der Waals surface area contributed by atoms with Crippen molar-refractivity contribution in [3.05, 3.63) is 65.5 Å². The average Bonchev–Trinajstić information content (AvgIpc) is 3.35. The molecule has 0 spiro atoms. The molecule has 1 amide bonds. The van der Waals surface area contributed by atoms with E-state index in [1.54, 1.807) is 12.1 Å². The normalized spacial score (nSPS) is 17.7. The number of H-pyrrole nitrogens is 1. The highest BCUT2D eigenvalue weighted by Gasteiger charge is 2.35. The van der Waals surface area contributed by atoms with Gasteiger partial charge in [-0.1, -0.05) is 36.4 Å². The molecule has 0 radical (unpaired) electrons.